The second-order valence-electron chi connectivity index (χ2n) is 5.56. The highest BCUT2D eigenvalue weighted by Gasteiger charge is 2.30. The molecular formula is C18H12ClF3N2O2. The van der Waals surface area contributed by atoms with E-state index in [0.29, 0.717) is 16.3 Å². The van der Waals surface area contributed by atoms with E-state index in [0.717, 1.165) is 12.1 Å². The zero-order valence-electron chi connectivity index (χ0n) is 13.5. The third kappa shape index (κ3) is 3.62. The summed E-state index contributed by atoms with van der Waals surface area (Å²) in [6, 6.07) is 9.41. The van der Waals surface area contributed by atoms with Crippen LogP contribution in [0.15, 0.2) is 42.5 Å². The van der Waals surface area contributed by atoms with Crippen LogP contribution in [0.1, 0.15) is 21.5 Å². The quantitative estimate of drug-likeness (QED) is 0.614. The largest absolute Gasteiger partial charge is 0.479 e. The molecule has 0 spiro atoms. The molecular weight excluding hydrogens is 369 g/mol. The Kier molecular flexibility index (Phi) is 4.82. The normalized spacial score (nSPS) is 11.6. The van der Waals surface area contributed by atoms with Gasteiger partial charge in [0.25, 0.3) is 0 Å². The molecule has 0 unspecified atom stereocenters. The fourth-order valence-electron chi connectivity index (χ4n) is 2.57. The van der Waals surface area contributed by atoms with E-state index in [1.54, 1.807) is 12.1 Å². The number of ketones is 1. The van der Waals surface area contributed by atoms with E-state index in [2.05, 4.69) is 10.2 Å². The summed E-state index contributed by atoms with van der Waals surface area (Å²) in [5.74, 6) is -0.0700. The number of halogens is 4. The molecule has 2 aromatic carbocycles. The predicted molar refractivity (Wildman–Crippen MR) is 90.6 cm³/mol. The summed E-state index contributed by atoms with van der Waals surface area (Å²) < 4.78 is 43.5. The average Bonchev–Trinajstić information content (AvgIpc) is 2.61. The minimum atomic E-state index is -4.45. The van der Waals surface area contributed by atoms with Crippen molar-refractivity contribution in [1.29, 1.82) is 0 Å². The van der Waals surface area contributed by atoms with Crippen molar-refractivity contribution in [3.05, 3.63) is 64.3 Å². The van der Waals surface area contributed by atoms with Crippen LogP contribution >= 0.6 is 11.6 Å². The SMILES string of the molecule is COc1nnc(Cl)c2cc(C(=O)Cc3cccc(C(F)(F)F)c3)ccc12. The number of ether oxygens (including phenoxy) is 1. The molecule has 1 aromatic heterocycles. The number of Topliss-reactive ketones (excluding diaryl/α,β-unsaturated/α-hetero) is 1. The fourth-order valence-corrected chi connectivity index (χ4v) is 2.76. The molecule has 0 saturated carbocycles. The van der Waals surface area contributed by atoms with Crippen molar-refractivity contribution in [2.75, 3.05) is 7.11 Å². The lowest BCUT2D eigenvalue weighted by molar-refractivity contribution is -0.137. The zero-order chi connectivity index (χ0) is 18.9. The summed E-state index contributed by atoms with van der Waals surface area (Å²) in [5.41, 5.74) is -0.197. The molecule has 0 aliphatic carbocycles. The Labute approximate surface area is 151 Å². The molecule has 0 radical (unpaired) electrons. The summed E-state index contributed by atoms with van der Waals surface area (Å²) in [4.78, 5) is 12.5. The Morgan fingerprint density at radius 1 is 1.12 bits per heavy atom. The van der Waals surface area contributed by atoms with Gasteiger partial charge in [-0.2, -0.15) is 13.2 Å². The lowest BCUT2D eigenvalue weighted by Gasteiger charge is -2.09. The lowest BCUT2D eigenvalue weighted by Crippen LogP contribution is -2.08. The van der Waals surface area contributed by atoms with Crippen LogP contribution in [0.25, 0.3) is 10.8 Å². The first-order valence-electron chi connectivity index (χ1n) is 7.49. The minimum Gasteiger partial charge on any atom is -0.479 e. The molecule has 1 heterocycles. The van der Waals surface area contributed by atoms with Crippen LogP contribution in [0.5, 0.6) is 5.88 Å². The van der Waals surface area contributed by atoms with E-state index in [1.165, 1.54) is 25.3 Å². The minimum absolute atomic E-state index is 0.106. The number of carbonyl (C=O) groups excluding carboxylic acids is 1. The second-order valence-corrected chi connectivity index (χ2v) is 5.92. The number of benzene rings is 2. The highest BCUT2D eigenvalue weighted by atomic mass is 35.5. The van der Waals surface area contributed by atoms with Crippen molar-refractivity contribution in [2.45, 2.75) is 12.6 Å². The van der Waals surface area contributed by atoms with Crippen LogP contribution in [0.4, 0.5) is 13.2 Å². The molecule has 0 atom stereocenters. The van der Waals surface area contributed by atoms with E-state index in [-0.39, 0.29) is 28.8 Å². The highest BCUT2D eigenvalue weighted by molar-refractivity contribution is 6.34. The Bertz CT molecular complexity index is 990. The molecule has 0 saturated heterocycles. The first-order valence-corrected chi connectivity index (χ1v) is 7.86. The number of rotatable bonds is 4. The predicted octanol–water partition coefficient (Wildman–Crippen LogP) is 4.74. The molecule has 26 heavy (non-hydrogen) atoms. The number of methoxy groups -OCH3 is 1. The topological polar surface area (TPSA) is 52.1 Å². The van der Waals surface area contributed by atoms with Crippen molar-refractivity contribution >= 4 is 28.2 Å². The van der Waals surface area contributed by atoms with Gasteiger partial charge in [0, 0.05) is 22.8 Å². The summed E-state index contributed by atoms with van der Waals surface area (Å²) in [6.07, 6.45) is -4.62. The monoisotopic (exact) mass is 380 g/mol. The molecule has 0 aliphatic rings. The van der Waals surface area contributed by atoms with Crippen LogP contribution in [-0.2, 0) is 12.6 Å². The number of aromatic nitrogens is 2. The molecule has 3 rings (SSSR count). The third-order valence-corrected chi connectivity index (χ3v) is 4.11. The fraction of sp³-hybridized carbons (Fsp3) is 0.167. The Morgan fingerprint density at radius 2 is 1.88 bits per heavy atom. The maximum absolute atomic E-state index is 12.8. The van der Waals surface area contributed by atoms with Gasteiger partial charge in [-0.3, -0.25) is 4.79 Å². The molecule has 4 nitrogen and oxygen atoms in total. The van der Waals surface area contributed by atoms with Gasteiger partial charge in [-0.15, -0.1) is 10.2 Å². The van der Waals surface area contributed by atoms with Gasteiger partial charge in [0.2, 0.25) is 5.88 Å². The number of fused-ring (bicyclic) bond motifs is 1. The van der Waals surface area contributed by atoms with Gasteiger partial charge in [0.15, 0.2) is 10.9 Å². The molecule has 0 aliphatic heterocycles. The number of nitrogens with zero attached hydrogens (tertiary/aromatic N) is 2. The summed E-state index contributed by atoms with van der Waals surface area (Å²) in [5, 5.41) is 8.73. The van der Waals surface area contributed by atoms with Gasteiger partial charge in [-0.05, 0) is 23.8 Å². The average molecular weight is 381 g/mol. The first kappa shape index (κ1) is 18.1. The van der Waals surface area contributed by atoms with Gasteiger partial charge in [0.1, 0.15) is 0 Å². The molecule has 134 valence electrons. The van der Waals surface area contributed by atoms with Crippen LogP contribution < -0.4 is 4.74 Å². The van der Waals surface area contributed by atoms with Crippen molar-refractivity contribution in [2.24, 2.45) is 0 Å². The van der Waals surface area contributed by atoms with E-state index in [4.69, 9.17) is 16.3 Å². The number of hydrogen-bond acceptors (Lipinski definition) is 4. The summed E-state index contributed by atoms with van der Waals surface area (Å²) in [7, 11) is 1.43. The zero-order valence-corrected chi connectivity index (χ0v) is 14.2. The van der Waals surface area contributed by atoms with Crippen molar-refractivity contribution in [3.63, 3.8) is 0 Å². The number of hydrogen-bond donors (Lipinski definition) is 0. The lowest BCUT2D eigenvalue weighted by atomic mass is 9.99. The van der Waals surface area contributed by atoms with Crippen LogP contribution in [0.3, 0.4) is 0 Å². The van der Waals surface area contributed by atoms with Crippen LogP contribution in [-0.4, -0.2) is 23.1 Å². The molecule has 3 aromatic rings. The number of carbonyl (C=O) groups is 1. The molecule has 8 heteroatoms. The van der Waals surface area contributed by atoms with Crippen LogP contribution in [0.2, 0.25) is 5.15 Å². The van der Waals surface area contributed by atoms with Gasteiger partial charge in [-0.25, -0.2) is 0 Å². The van der Waals surface area contributed by atoms with E-state index in [1.807, 2.05) is 0 Å². The number of alkyl halides is 3. The highest BCUT2D eigenvalue weighted by Crippen LogP contribution is 2.31. The maximum atomic E-state index is 12.8. The maximum Gasteiger partial charge on any atom is 0.416 e. The smallest absolute Gasteiger partial charge is 0.416 e. The van der Waals surface area contributed by atoms with Gasteiger partial charge >= 0.3 is 6.18 Å². The molecule has 0 fully saturated rings. The molecule has 0 N–H and O–H groups in total. The Hall–Kier alpha value is -2.67. The van der Waals surface area contributed by atoms with E-state index < -0.39 is 11.7 Å². The van der Waals surface area contributed by atoms with E-state index in [9.17, 15) is 18.0 Å². The first-order chi connectivity index (χ1) is 12.3. The van der Waals surface area contributed by atoms with Crippen LogP contribution in [0, 0.1) is 0 Å². The summed E-state index contributed by atoms with van der Waals surface area (Å²) >= 11 is 6.03. The molecule has 0 bridgehead atoms. The standard InChI is InChI=1S/C18H12ClF3N2O2/c1-26-17-13-6-5-11(9-14(13)16(19)23-24-17)15(25)8-10-3-2-4-12(7-10)18(20,21)22/h2-7,9H,8H2,1H3. The summed E-state index contributed by atoms with van der Waals surface area (Å²) in [6.45, 7) is 0. The van der Waals surface area contributed by atoms with Gasteiger partial charge < -0.3 is 4.74 Å². The second kappa shape index (κ2) is 6.92. The third-order valence-electron chi connectivity index (χ3n) is 3.84. The molecule has 0 amide bonds. The van der Waals surface area contributed by atoms with Crippen molar-refractivity contribution in [3.8, 4) is 5.88 Å². The van der Waals surface area contributed by atoms with Crippen molar-refractivity contribution in [1.82, 2.24) is 10.2 Å². The van der Waals surface area contributed by atoms with Gasteiger partial charge in [-0.1, -0.05) is 35.9 Å². The van der Waals surface area contributed by atoms with Gasteiger partial charge in [0.05, 0.1) is 12.7 Å². The van der Waals surface area contributed by atoms with Crippen molar-refractivity contribution < 1.29 is 22.7 Å². The Morgan fingerprint density at radius 3 is 2.58 bits per heavy atom. The van der Waals surface area contributed by atoms with E-state index >= 15 is 0 Å². The Balaban J connectivity index is 1.92.